The maximum atomic E-state index is 12.2. The highest BCUT2D eigenvalue weighted by Gasteiger charge is 2.07. The van der Waals surface area contributed by atoms with Gasteiger partial charge in [-0.25, -0.2) is 0 Å². The van der Waals surface area contributed by atoms with Crippen LogP contribution < -0.4 is 5.73 Å². The van der Waals surface area contributed by atoms with Gasteiger partial charge in [0.15, 0.2) is 5.76 Å². The van der Waals surface area contributed by atoms with Gasteiger partial charge in [0.25, 0.3) is 0 Å². The van der Waals surface area contributed by atoms with Gasteiger partial charge in [-0.2, -0.15) is 0 Å². The topological polar surface area (TPSA) is 35.2 Å². The lowest BCUT2D eigenvalue weighted by Gasteiger charge is -2.11. The average Bonchev–Trinajstić information content (AvgIpc) is 2.61. The highest BCUT2D eigenvalue weighted by molar-refractivity contribution is 6.30. The number of hydrogen-bond acceptors (Lipinski definition) is 2. The van der Waals surface area contributed by atoms with Crippen LogP contribution in [0.5, 0.6) is 0 Å². The molecule has 0 aliphatic heterocycles. The van der Waals surface area contributed by atoms with Gasteiger partial charge in [-0.15, -0.1) is 0 Å². The van der Waals surface area contributed by atoms with E-state index in [1.807, 2.05) is 64.1 Å². The molecule has 0 saturated carbocycles. The Hall–Kier alpha value is -2.00. The van der Waals surface area contributed by atoms with Crippen LogP contribution in [0, 0.1) is 0 Å². The first-order chi connectivity index (χ1) is 11.5. The van der Waals surface area contributed by atoms with Gasteiger partial charge in [0.1, 0.15) is 0 Å². The third kappa shape index (κ3) is 7.51. The van der Waals surface area contributed by atoms with Crippen LogP contribution >= 0.6 is 11.6 Å². The Morgan fingerprint density at radius 2 is 1.88 bits per heavy atom. The van der Waals surface area contributed by atoms with Crippen molar-refractivity contribution < 1.29 is 9.47 Å². The zero-order valence-electron chi connectivity index (χ0n) is 14.9. The summed E-state index contributed by atoms with van der Waals surface area (Å²) in [5.74, 6) is -0.191. The maximum absolute atomic E-state index is 12.2. The fourth-order valence-corrected chi connectivity index (χ4v) is 2.11. The van der Waals surface area contributed by atoms with Crippen molar-refractivity contribution in [2.24, 2.45) is 5.73 Å². The summed E-state index contributed by atoms with van der Waals surface area (Å²) in [5, 5.41) is 0.704. The molecule has 0 unspecified atom stereocenters. The minimum atomic E-state index is -0.191. The van der Waals surface area contributed by atoms with Gasteiger partial charge in [0.05, 0.1) is 5.70 Å². The molecule has 0 saturated heterocycles. The second-order valence-corrected chi connectivity index (χ2v) is 5.22. The molecule has 1 aromatic carbocycles. The Labute approximate surface area is 150 Å². The maximum Gasteiger partial charge on any atom is 0.187 e. The molecule has 0 aliphatic carbocycles. The van der Waals surface area contributed by atoms with E-state index in [1.165, 1.54) is 0 Å². The predicted molar refractivity (Wildman–Crippen MR) is 102 cm³/mol. The summed E-state index contributed by atoms with van der Waals surface area (Å²) in [6.45, 7) is 11.4. The van der Waals surface area contributed by atoms with Crippen molar-refractivity contribution >= 4 is 11.6 Å². The molecule has 0 heterocycles. The van der Waals surface area contributed by atoms with Crippen molar-refractivity contribution in [3.8, 4) is 0 Å². The molecule has 1 rings (SSSR count). The lowest BCUT2D eigenvalue weighted by atomic mass is 9.96. The van der Waals surface area contributed by atoms with Crippen LogP contribution in [0.1, 0.15) is 39.7 Å². The van der Waals surface area contributed by atoms with Gasteiger partial charge in [0.2, 0.25) is 0 Å². The first kappa shape index (κ1) is 22.0. The minimum absolute atomic E-state index is 0.164. The number of rotatable bonds is 7. The van der Waals surface area contributed by atoms with E-state index in [0.29, 0.717) is 5.02 Å². The van der Waals surface area contributed by atoms with Crippen LogP contribution in [-0.4, -0.2) is 0 Å². The Balaban J connectivity index is 0.00000254. The summed E-state index contributed by atoms with van der Waals surface area (Å²) in [5.41, 5.74) is 9.08. The van der Waals surface area contributed by atoms with E-state index < -0.39 is 0 Å². The molecule has 24 heavy (non-hydrogen) atoms. The molecular weight excluding hydrogens is 325 g/mol. The number of allylic oxidation sites excluding steroid dienone is 5. The highest BCUT2D eigenvalue weighted by atomic mass is 35.5. The normalized spacial score (nSPS) is 12.3. The molecule has 0 aromatic heterocycles. The Morgan fingerprint density at radius 3 is 2.33 bits per heavy atom. The van der Waals surface area contributed by atoms with Gasteiger partial charge in [-0.1, -0.05) is 56.7 Å². The smallest absolute Gasteiger partial charge is 0.187 e. The fraction of sp³-hybridized carbons (Fsp3) is 0.300. The first-order valence-corrected chi connectivity index (χ1v) is 8.44. The SMILES string of the molecule is C=C(OF)/C(N)=C/C(=C/CC)C(=C\C)/Cc1ccc(Cl)cc1.CC. The van der Waals surface area contributed by atoms with Crippen molar-refractivity contribution in [1.82, 2.24) is 0 Å². The standard InChI is InChI=1S/C18H21ClFNO.C2H6/c1-4-6-16(12-18(21)13(3)22-20)15(5-2)11-14-7-9-17(19)10-8-14;1-2/h5-10,12H,3-4,11,21H2,1-2H3;1-2H3/b15-5-,16-6-,18-12-;. The fourth-order valence-electron chi connectivity index (χ4n) is 1.99. The van der Waals surface area contributed by atoms with E-state index in [1.54, 1.807) is 6.08 Å². The molecule has 4 heteroatoms. The van der Waals surface area contributed by atoms with Gasteiger partial charge >= 0.3 is 0 Å². The van der Waals surface area contributed by atoms with E-state index in [9.17, 15) is 4.53 Å². The molecule has 0 fully saturated rings. The molecule has 132 valence electrons. The second kappa shape index (κ2) is 12.4. The lowest BCUT2D eigenvalue weighted by molar-refractivity contribution is -0.0781. The summed E-state index contributed by atoms with van der Waals surface area (Å²) in [4.78, 5) is 3.59. The summed E-state index contributed by atoms with van der Waals surface area (Å²) in [7, 11) is 0. The van der Waals surface area contributed by atoms with Crippen molar-refractivity contribution in [1.29, 1.82) is 0 Å². The molecule has 0 atom stereocenters. The van der Waals surface area contributed by atoms with Crippen LogP contribution in [0.15, 0.2) is 71.7 Å². The van der Waals surface area contributed by atoms with Gasteiger partial charge in [0, 0.05) is 9.55 Å². The molecule has 2 nitrogen and oxygen atoms in total. The third-order valence-corrected chi connectivity index (χ3v) is 3.43. The summed E-state index contributed by atoms with van der Waals surface area (Å²) in [6.07, 6.45) is 7.28. The van der Waals surface area contributed by atoms with Gasteiger partial charge < -0.3 is 5.73 Å². The largest absolute Gasteiger partial charge is 0.396 e. The number of hydrogen-bond donors (Lipinski definition) is 1. The molecule has 1 aromatic rings. The molecule has 0 radical (unpaired) electrons. The summed E-state index contributed by atoms with van der Waals surface area (Å²) in [6, 6.07) is 7.67. The van der Waals surface area contributed by atoms with E-state index in [-0.39, 0.29) is 11.5 Å². The van der Waals surface area contributed by atoms with Crippen molar-refractivity contribution in [2.75, 3.05) is 0 Å². The van der Waals surface area contributed by atoms with E-state index in [2.05, 4.69) is 11.5 Å². The number of benzene rings is 1. The van der Waals surface area contributed by atoms with Crippen molar-refractivity contribution in [3.05, 3.63) is 82.3 Å². The van der Waals surface area contributed by atoms with Crippen LogP contribution in [0.4, 0.5) is 4.53 Å². The second-order valence-electron chi connectivity index (χ2n) is 4.78. The van der Waals surface area contributed by atoms with Crippen LogP contribution in [0.2, 0.25) is 5.02 Å². The van der Waals surface area contributed by atoms with Gasteiger partial charge in [-0.05, 0) is 61.3 Å². The third-order valence-electron chi connectivity index (χ3n) is 3.18. The Morgan fingerprint density at radius 1 is 1.29 bits per heavy atom. The van der Waals surface area contributed by atoms with Crippen LogP contribution in [0.25, 0.3) is 0 Å². The molecule has 0 amide bonds. The Kier molecular flexibility index (Phi) is 11.4. The van der Waals surface area contributed by atoms with Crippen LogP contribution in [0.3, 0.4) is 0 Å². The van der Waals surface area contributed by atoms with E-state index in [0.717, 1.165) is 29.6 Å². The molecule has 0 aliphatic rings. The molecule has 2 N–H and O–H groups in total. The minimum Gasteiger partial charge on any atom is -0.396 e. The Bertz CT molecular complexity index is 601. The van der Waals surface area contributed by atoms with Crippen molar-refractivity contribution in [3.63, 3.8) is 0 Å². The van der Waals surface area contributed by atoms with E-state index >= 15 is 0 Å². The molecule has 0 spiro atoms. The zero-order chi connectivity index (χ0) is 18.5. The zero-order valence-corrected chi connectivity index (χ0v) is 15.7. The summed E-state index contributed by atoms with van der Waals surface area (Å²) < 4.78 is 12.2. The average molecular weight is 352 g/mol. The highest BCUT2D eigenvalue weighted by Crippen LogP contribution is 2.21. The quantitative estimate of drug-likeness (QED) is 0.452. The predicted octanol–water partition coefficient (Wildman–Crippen LogP) is 6.45. The first-order valence-electron chi connectivity index (χ1n) is 8.07. The number of halogens is 2. The monoisotopic (exact) mass is 351 g/mol. The lowest BCUT2D eigenvalue weighted by Crippen LogP contribution is -2.03. The van der Waals surface area contributed by atoms with Gasteiger partial charge in [-0.3, -0.25) is 4.94 Å². The number of nitrogens with two attached hydrogens (primary N) is 1. The van der Waals surface area contributed by atoms with Crippen LogP contribution in [-0.2, 0) is 11.4 Å². The summed E-state index contributed by atoms with van der Waals surface area (Å²) >= 11 is 5.90. The van der Waals surface area contributed by atoms with E-state index in [4.69, 9.17) is 17.3 Å². The van der Waals surface area contributed by atoms with Crippen molar-refractivity contribution in [2.45, 2.75) is 40.5 Å². The molecular formula is C20H27ClFNO. The molecule has 0 bridgehead atoms.